The quantitative estimate of drug-likeness (QED) is 0.290. The fourth-order valence-corrected chi connectivity index (χ4v) is 4.81. The molecule has 2 heteroatoms. The van der Waals surface area contributed by atoms with Crippen molar-refractivity contribution < 1.29 is 4.74 Å². The molecule has 0 aliphatic rings. The van der Waals surface area contributed by atoms with Crippen LogP contribution in [0.15, 0.2) is 60.9 Å². The molecule has 4 aromatic rings. The first-order valence-corrected chi connectivity index (χ1v) is 12.6. The van der Waals surface area contributed by atoms with E-state index in [0.29, 0.717) is 0 Å². The normalized spacial score (nSPS) is 12.4. The van der Waals surface area contributed by atoms with Gasteiger partial charge >= 0.3 is 0 Å². The van der Waals surface area contributed by atoms with E-state index in [-0.39, 0.29) is 10.8 Å². The van der Waals surface area contributed by atoms with Gasteiger partial charge in [0.1, 0.15) is 11.5 Å². The molecule has 4 rings (SSSR count). The van der Waals surface area contributed by atoms with Gasteiger partial charge in [0.25, 0.3) is 0 Å². The van der Waals surface area contributed by atoms with E-state index < -0.39 is 0 Å². The number of aromatic nitrogens is 1. The lowest BCUT2D eigenvalue weighted by Gasteiger charge is -2.23. The smallest absolute Gasteiger partial charge is 0.137 e. The van der Waals surface area contributed by atoms with E-state index in [9.17, 15) is 0 Å². The van der Waals surface area contributed by atoms with Gasteiger partial charge in [-0.05, 0) is 75.6 Å². The fraction of sp³-hybridized carbons (Fsp3) is 0.406. The minimum Gasteiger partial charge on any atom is -0.456 e. The van der Waals surface area contributed by atoms with Gasteiger partial charge in [0.15, 0.2) is 0 Å². The first-order valence-electron chi connectivity index (χ1n) is 12.6. The van der Waals surface area contributed by atoms with Crippen molar-refractivity contribution >= 4 is 21.5 Å². The van der Waals surface area contributed by atoms with Crippen molar-refractivity contribution in [1.29, 1.82) is 0 Å². The maximum Gasteiger partial charge on any atom is 0.137 e. The molecule has 0 saturated heterocycles. The zero-order chi connectivity index (χ0) is 24.5. The molecular weight excluding hydrogens is 414 g/mol. The third kappa shape index (κ3) is 5.78. The maximum atomic E-state index is 6.73. The van der Waals surface area contributed by atoms with Crippen LogP contribution >= 0.6 is 0 Å². The summed E-state index contributed by atoms with van der Waals surface area (Å²) in [6.45, 7) is 16.0. The Hall–Kier alpha value is -2.87. The van der Waals surface area contributed by atoms with Crippen molar-refractivity contribution in [2.45, 2.75) is 74.1 Å². The number of rotatable bonds is 6. The second-order valence-corrected chi connectivity index (χ2v) is 12.1. The molecule has 1 aromatic heterocycles. The van der Waals surface area contributed by atoms with Crippen LogP contribution in [-0.4, -0.2) is 4.98 Å². The van der Waals surface area contributed by atoms with Crippen LogP contribution in [0, 0.1) is 10.8 Å². The predicted molar refractivity (Wildman–Crippen MR) is 146 cm³/mol. The summed E-state index contributed by atoms with van der Waals surface area (Å²) in [7, 11) is 0. The Labute approximate surface area is 205 Å². The van der Waals surface area contributed by atoms with E-state index in [4.69, 9.17) is 4.74 Å². The lowest BCUT2D eigenvalue weighted by atomic mass is 9.84. The molecule has 0 bridgehead atoms. The van der Waals surface area contributed by atoms with Gasteiger partial charge in [-0.15, -0.1) is 0 Å². The number of aryl methyl sites for hydroxylation is 1. The average molecular weight is 454 g/mol. The minimum absolute atomic E-state index is 0.143. The molecule has 0 atom stereocenters. The van der Waals surface area contributed by atoms with Crippen molar-refractivity contribution in [3.63, 3.8) is 0 Å². The molecule has 0 aliphatic heterocycles. The van der Waals surface area contributed by atoms with Crippen LogP contribution in [0.25, 0.3) is 21.5 Å². The van der Waals surface area contributed by atoms with Crippen LogP contribution in [-0.2, 0) is 19.3 Å². The molecule has 2 nitrogen and oxygen atoms in total. The Morgan fingerprint density at radius 2 is 1.41 bits per heavy atom. The van der Waals surface area contributed by atoms with Crippen molar-refractivity contribution in [3.8, 4) is 11.5 Å². The van der Waals surface area contributed by atoms with Gasteiger partial charge in [0.2, 0.25) is 0 Å². The van der Waals surface area contributed by atoms with Crippen LogP contribution in [0.4, 0.5) is 0 Å². The standard InChI is InChI=1S/C32H39NO/c1-8-9-22-16-25-14-15-33-21-28(25)30(18-22)34-29-13-11-24-17-23(19-31(2,3)4)10-12-26(24)27(29)20-32(5,6)7/h10-18,21H,8-9,19-20H2,1-7H3. The molecule has 0 N–H and O–H groups in total. The van der Waals surface area contributed by atoms with Crippen LogP contribution < -0.4 is 4.74 Å². The zero-order valence-corrected chi connectivity index (χ0v) is 22.0. The second-order valence-electron chi connectivity index (χ2n) is 12.1. The van der Waals surface area contributed by atoms with E-state index in [1.165, 1.54) is 32.8 Å². The molecule has 0 spiro atoms. The van der Waals surface area contributed by atoms with Gasteiger partial charge in [-0.3, -0.25) is 4.98 Å². The van der Waals surface area contributed by atoms with Gasteiger partial charge in [-0.1, -0.05) is 85.2 Å². The number of hydrogen-bond acceptors (Lipinski definition) is 2. The Kier molecular flexibility index (Phi) is 6.71. The van der Waals surface area contributed by atoms with Crippen LogP contribution in [0.3, 0.4) is 0 Å². The number of fused-ring (bicyclic) bond motifs is 2. The Morgan fingerprint density at radius 3 is 2.12 bits per heavy atom. The monoisotopic (exact) mass is 453 g/mol. The molecule has 0 radical (unpaired) electrons. The highest BCUT2D eigenvalue weighted by atomic mass is 16.5. The van der Waals surface area contributed by atoms with Gasteiger partial charge in [-0.2, -0.15) is 0 Å². The Balaban J connectivity index is 1.84. The van der Waals surface area contributed by atoms with Gasteiger partial charge in [0, 0.05) is 23.3 Å². The van der Waals surface area contributed by atoms with Gasteiger partial charge < -0.3 is 4.74 Å². The first kappa shape index (κ1) is 24.3. The summed E-state index contributed by atoms with van der Waals surface area (Å²) in [4.78, 5) is 4.38. The molecule has 34 heavy (non-hydrogen) atoms. The molecule has 178 valence electrons. The number of nitrogens with zero attached hydrogens (tertiary/aromatic N) is 1. The van der Waals surface area contributed by atoms with Crippen molar-refractivity contribution in [2.75, 3.05) is 0 Å². The minimum atomic E-state index is 0.143. The van der Waals surface area contributed by atoms with Crippen LogP contribution in [0.5, 0.6) is 11.5 Å². The molecule has 0 unspecified atom stereocenters. The van der Waals surface area contributed by atoms with Crippen molar-refractivity contribution in [3.05, 3.63) is 77.6 Å². The molecular formula is C32H39NO. The highest BCUT2D eigenvalue weighted by Gasteiger charge is 2.20. The Bertz CT molecular complexity index is 1300. The van der Waals surface area contributed by atoms with E-state index in [2.05, 4.69) is 102 Å². The number of hydrogen-bond donors (Lipinski definition) is 0. The first-order chi connectivity index (χ1) is 16.0. The summed E-state index contributed by atoms with van der Waals surface area (Å²) in [5, 5.41) is 4.82. The highest BCUT2D eigenvalue weighted by Crippen LogP contribution is 2.39. The van der Waals surface area contributed by atoms with E-state index >= 15 is 0 Å². The average Bonchev–Trinajstić information content (AvgIpc) is 2.73. The molecule has 0 saturated carbocycles. The topological polar surface area (TPSA) is 22.1 Å². The molecule has 1 heterocycles. The van der Waals surface area contributed by atoms with E-state index in [0.717, 1.165) is 42.6 Å². The third-order valence-electron chi connectivity index (χ3n) is 6.13. The summed E-state index contributed by atoms with van der Waals surface area (Å²) in [6, 6.07) is 17.9. The SMILES string of the molecule is CCCc1cc(Oc2ccc3cc(CC(C)(C)C)ccc3c2CC(C)(C)C)c2cnccc2c1. The molecule has 0 fully saturated rings. The highest BCUT2D eigenvalue weighted by molar-refractivity contribution is 5.90. The Morgan fingerprint density at radius 1 is 0.706 bits per heavy atom. The molecule has 0 aliphatic carbocycles. The number of benzene rings is 3. The predicted octanol–water partition coefficient (Wildman–Crippen LogP) is 9.31. The summed E-state index contributed by atoms with van der Waals surface area (Å²) in [5.74, 6) is 1.85. The lowest BCUT2D eigenvalue weighted by Crippen LogP contribution is -2.11. The van der Waals surface area contributed by atoms with E-state index in [1.807, 2.05) is 12.4 Å². The summed E-state index contributed by atoms with van der Waals surface area (Å²) in [5.41, 5.74) is 4.39. The van der Waals surface area contributed by atoms with E-state index in [1.54, 1.807) is 0 Å². The summed E-state index contributed by atoms with van der Waals surface area (Å²) in [6.07, 6.45) is 7.94. The zero-order valence-electron chi connectivity index (χ0n) is 22.0. The molecule has 0 amide bonds. The van der Waals surface area contributed by atoms with Crippen LogP contribution in [0.2, 0.25) is 0 Å². The van der Waals surface area contributed by atoms with Crippen molar-refractivity contribution in [2.24, 2.45) is 10.8 Å². The molecule has 3 aromatic carbocycles. The van der Waals surface area contributed by atoms with Crippen LogP contribution in [0.1, 0.15) is 71.6 Å². The van der Waals surface area contributed by atoms with Crippen molar-refractivity contribution in [1.82, 2.24) is 4.98 Å². The summed E-state index contributed by atoms with van der Waals surface area (Å²) >= 11 is 0. The fourth-order valence-electron chi connectivity index (χ4n) is 4.81. The largest absolute Gasteiger partial charge is 0.456 e. The number of pyridine rings is 1. The third-order valence-corrected chi connectivity index (χ3v) is 6.13. The lowest BCUT2D eigenvalue weighted by molar-refractivity contribution is 0.400. The van der Waals surface area contributed by atoms with Gasteiger partial charge in [-0.25, -0.2) is 0 Å². The second kappa shape index (κ2) is 9.41. The maximum absolute atomic E-state index is 6.73. The van der Waals surface area contributed by atoms with Gasteiger partial charge in [0.05, 0.1) is 0 Å². The summed E-state index contributed by atoms with van der Waals surface area (Å²) < 4.78 is 6.73. The number of ether oxygens (including phenoxy) is 1.